The van der Waals surface area contributed by atoms with Crippen LogP contribution < -0.4 is 14.8 Å². The molecule has 3 amide bonds. The van der Waals surface area contributed by atoms with Crippen LogP contribution in [-0.2, 0) is 38.7 Å². The number of amides is 3. The van der Waals surface area contributed by atoms with Gasteiger partial charge in [-0.2, -0.15) is 0 Å². The standard InChI is InChI=1S/C33H42N4O11S/c1-33(2,3)48-29(40)19-24(26(38)20-46-32(43)22-13-8-9-15-27(22)47-21-11-6-5-7-12-21)34-30(41)25-14-10-18-36-28(39)17-16-23(31(42)37(25)36)35-49(4,44)45/h5-9,11-13,15,23-26,35,38H,10,14,16-20H2,1-4H3,(H,34,41)/t23-,24-,25-,26?/m0/s1. The second kappa shape index (κ2) is 15.8. The van der Waals surface area contributed by atoms with Crippen LogP contribution >= 0.6 is 0 Å². The van der Waals surface area contributed by atoms with Gasteiger partial charge in [0.05, 0.1) is 18.7 Å². The third-order valence-corrected chi connectivity index (χ3v) is 8.30. The third kappa shape index (κ3) is 10.5. The van der Waals surface area contributed by atoms with Crippen LogP contribution in [0, 0.1) is 0 Å². The molecule has 2 saturated heterocycles. The van der Waals surface area contributed by atoms with E-state index >= 15 is 0 Å². The lowest BCUT2D eigenvalue weighted by Crippen LogP contribution is -2.64. The molecule has 0 radical (unpaired) electrons. The monoisotopic (exact) mass is 702 g/mol. The van der Waals surface area contributed by atoms with Crippen molar-refractivity contribution in [3.05, 3.63) is 60.2 Å². The maximum absolute atomic E-state index is 13.8. The zero-order valence-corrected chi connectivity index (χ0v) is 28.6. The van der Waals surface area contributed by atoms with E-state index in [9.17, 15) is 37.5 Å². The topological polar surface area (TPSA) is 198 Å². The number of para-hydroxylation sites is 2. The molecule has 2 aliphatic rings. The van der Waals surface area contributed by atoms with E-state index in [1.807, 2.05) is 6.07 Å². The maximum atomic E-state index is 13.8. The highest BCUT2D eigenvalue weighted by atomic mass is 32.2. The quantitative estimate of drug-likeness (QED) is 0.272. The van der Waals surface area contributed by atoms with Crippen molar-refractivity contribution in [2.75, 3.05) is 19.4 Å². The predicted octanol–water partition coefficient (Wildman–Crippen LogP) is 1.66. The van der Waals surface area contributed by atoms with Crippen LogP contribution in [0.15, 0.2) is 54.6 Å². The fraction of sp³-hybridized carbons (Fsp3) is 0.485. The van der Waals surface area contributed by atoms with Gasteiger partial charge < -0.3 is 24.6 Å². The van der Waals surface area contributed by atoms with E-state index in [0.29, 0.717) is 12.2 Å². The van der Waals surface area contributed by atoms with E-state index in [-0.39, 0.29) is 37.1 Å². The second-order valence-corrected chi connectivity index (χ2v) is 14.6. The van der Waals surface area contributed by atoms with Gasteiger partial charge in [0.15, 0.2) is 0 Å². The lowest BCUT2D eigenvalue weighted by molar-refractivity contribution is -0.176. The SMILES string of the molecule is CC(C)(C)OC(=O)C[C@H](NC(=O)[C@@H]1CCCN2C(=O)CC[C@H](NS(C)(=O)=O)C(=O)N12)C(O)COC(=O)c1ccccc1Oc1ccccc1. The summed E-state index contributed by atoms with van der Waals surface area (Å²) in [4.78, 5) is 66.3. The average Bonchev–Trinajstić information content (AvgIpc) is 3.14. The van der Waals surface area contributed by atoms with Crippen molar-refractivity contribution in [2.45, 2.75) is 82.7 Å². The summed E-state index contributed by atoms with van der Waals surface area (Å²) in [7, 11) is -3.84. The number of rotatable bonds is 12. The Balaban J connectivity index is 1.52. The van der Waals surface area contributed by atoms with Gasteiger partial charge in [-0.1, -0.05) is 30.3 Å². The fourth-order valence-corrected chi connectivity index (χ4v) is 6.20. The highest BCUT2D eigenvalue weighted by Gasteiger charge is 2.45. The molecular formula is C33H42N4O11S. The molecule has 0 aliphatic carbocycles. The van der Waals surface area contributed by atoms with Crippen molar-refractivity contribution in [3.63, 3.8) is 0 Å². The normalized spacial score (nSPS) is 19.6. The number of fused-ring (bicyclic) bond motifs is 1. The van der Waals surface area contributed by atoms with Crippen LogP contribution in [-0.4, -0.2) is 102 Å². The Morgan fingerprint density at radius 1 is 1.02 bits per heavy atom. The van der Waals surface area contributed by atoms with Gasteiger partial charge in [-0.05, 0) is 64.3 Å². The smallest absolute Gasteiger partial charge is 0.342 e. The van der Waals surface area contributed by atoms with E-state index in [1.165, 1.54) is 6.07 Å². The number of benzene rings is 2. The third-order valence-electron chi connectivity index (χ3n) is 7.58. The van der Waals surface area contributed by atoms with Crippen molar-refractivity contribution in [3.8, 4) is 11.5 Å². The molecule has 16 heteroatoms. The first-order chi connectivity index (χ1) is 23.0. The number of nitrogens with one attached hydrogen (secondary N) is 2. The second-order valence-electron chi connectivity index (χ2n) is 12.8. The number of sulfonamides is 1. The molecule has 2 heterocycles. The first-order valence-corrected chi connectivity index (χ1v) is 17.7. The van der Waals surface area contributed by atoms with Gasteiger partial charge in [-0.3, -0.25) is 24.2 Å². The van der Waals surface area contributed by atoms with Crippen LogP contribution in [0.1, 0.15) is 63.2 Å². The Labute approximate surface area is 284 Å². The van der Waals surface area contributed by atoms with Crippen molar-refractivity contribution in [1.29, 1.82) is 0 Å². The zero-order valence-electron chi connectivity index (χ0n) is 27.8. The molecule has 0 aromatic heterocycles. The molecule has 266 valence electrons. The van der Waals surface area contributed by atoms with Crippen LogP contribution in [0.2, 0.25) is 0 Å². The van der Waals surface area contributed by atoms with Gasteiger partial charge in [0.2, 0.25) is 21.8 Å². The minimum absolute atomic E-state index is 0.0650. The lowest BCUT2D eigenvalue weighted by atomic mass is 10.0. The molecular weight excluding hydrogens is 660 g/mol. The molecule has 3 N–H and O–H groups in total. The number of hydrogen-bond acceptors (Lipinski definition) is 11. The number of ether oxygens (including phenoxy) is 3. The van der Waals surface area contributed by atoms with Crippen molar-refractivity contribution < 1.29 is 51.7 Å². The van der Waals surface area contributed by atoms with Gasteiger partial charge >= 0.3 is 11.9 Å². The Morgan fingerprint density at radius 2 is 1.69 bits per heavy atom. The van der Waals surface area contributed by atoms with Crippen LogP contribution in [0.4, 0.5) is 0 Å². The van der Waals surface area contributed by atoms with Crippen LogP contribution in [0.3, 0.4) is 0 Å². The molecule has 4 rings (SSSR count). The van der Waals surface area contributed by atoms with Crippen LogP contribution in [0.5, 0.6) is 11.5 Å². The summed E-state index contributed by atoms with van der Waals surface area (Å²) in [6.45, 7) is 4.42. The molecule has 15 nitrogen and oxygen atoms in total. The number of nitrogens with zero attached hydrogens (tertiary/aromatic N) is 2. The first-order valence-electron chi connectivity index (χ1n) is 15.8. The number of carbonyl (C=O) groups excluding carboxylic acids is 5. The molecule has 4 atom stereocenters. The summed E-state index contributed by atoms with van der Waals surface area (Å²) in [6, 6.07) is 11.2. The number of aliphatic hydroxyl groups excluding tert-OH is 1. The van der Waals surface area contributed by atoms with Crippen molar-refractivity contribution >= 4 is 39.7 Å². The fourth-order valence-electron chi connectivity index (χ4n) is 5.46. The van der Waals surface area contributed by atoms with Gasteiger partial charge in [0, 0.05) is 13.0 Å². The van der Waals surface area contributed by atoms with Crippen molar-refractivity contribution in [1.82, 2.24) is 20.1 Å². The largest absolute Gasteiger partial charge is 0.460 e. The van der Waals surface area contributed by atoms with E-state index < -0.39 is 82.5 Å². The molecule has 2 aliphatic heterocycles. The minimum atomic E-state index is -3.84. The molecule has 0 saturated carbocycles. The molecule has 1 unspecified atom stereocenters. The molecule has 0 bridgehead atoms. The van der Waals surface area contributed by atoms with Crippen LogP contribution in [0.25, 0.3) is 0 Å². The zero-order chi connectivity index (χ0) is 35.9. The molecule has 2 fully saturated rings. The molecule has 0 spiro atoms. The number of carbonyl (C=O) groups is 5. The number of aliphatic hydroxyl groups is 1. The Hall–Kier alpha value is -4.54. The molecule has 2 aromatic carbocycles. The first kappa shape index (κ1) is 37.3. The number of hydrazine groups is 1. The minimum Gasteiger partial charge on any atom is -0.460 e. The Kier molecular flexibility index (Phi) is 12.0. The maximum Gasteiger partial charge on any atom is 0.342 e. The Bertz CT molecular complexity index is 1650. The number of esters is 2. The van der Waals surface area contributed by atoms with E-state index in [1.54, 1.807) is 63.2 Å². The molecule has 2 aromatic rings. The van der Waals surface area contributed by atoms with Crippen molar-refractivity contribution in [2.24, 2.45) is 0 Å². The highest BCUT2D eigenvalue weighted by molar-refractivity contribution is 7.88. The van der Waals surface area contributed by atoms with E-state index in [0.717, 1.165) is 16.3 Å². The molecule has 49 heavy (non-hydrogen) atoms. The summed E-state index contributed by atoms with van der Waals surface area (Å²) in [6.07, 6.45) is -1.05. The predicted molar refractivity (Wildman–Crippen MR) is 174 cm³/mol. The average molecular weight is 703 g/mol. The summed E-state index contributed by atoms with van der Waals surface area (Å²) < 4.78 is 42.8. The van der Waals surface area contributed by atoms with Gasteiger partial charge in [-0.25, -0.2) is 22.9 Å². The van der Waals surface area contributed by atoms with E-state index in [4.69, 9.17) is 14.2 Å². The van der Waals surface area contributed by atoms with Gasteiger partial charge in [0.25, 0.3) is 5.91 Å². The van der Waals surface area contributed by atoms with E-state index in [2.05, 4.69) is 10.0 Å². The lowest BCUT2D eigenvalue weighted by Gasteiger charge is -2.43. The van der Waals surface area contributed by atoms with Gasteiger partial charge in [0.1, 0.15) is 47.5 Å². The number of hydrogen-bond donors (Lipinski definition) is 3. The summed E-state index contributed by atoms with van der Waals surface area (Å²) >= 11 is 0. The Morgan fingerprint density at radius 3 is 2.37 bits per heavy atom. The van der Waals surface area contributed by atoms with Gasteiger partial charge in [-0.15, -0.1) is 0 Å². The summed E-state index contributed by atoms with van der Waals surface area (Å²) in [5, 5.41) is 15.9. The highest BCUT2D eigenvalue weighted by Crippen LogP contribution is 2.27. The summed E-state index contributed by atoms with van der Waals surface area (Å²) in [5.41, 5.74) is -0.828. The summed E-state index contributed by atoms with van der Waals surface area (Å²) in [5.74, 6) is -2.99.